The zero-order valence-corrected chi connectivity index (χ0v) is 13.5. The lowest BCUT2D eigenvalue weighted by atomic mass is 10.1. The Kier molecular flexibility index (Phi) is 5.01. The molecule has 1 aromatic rings. The van der Waals surface area contributed by atoms with Crippen LogP contribution >= 0.6 is 22.6 Å². The SMILES string of the molecule is CC(CN(C(=O)Cc1cccc(I)c1)C1CC1)C(=O)O. The van der Waals surface area contributed by atoms with Crippen LogP contribution in [0.5, 0.6) is 0 Å². The van der Waals surface area contributed by atoms with E-state index in [1.165, 1.54) is 0 Å². The number of hydrogen-bond acceptors (Lipinski definition) is 2. The van der Waals surface area contributed by atoms with Crippen molar-refractivity contribution >= 4 is 34.5 Å². The summed E-state index contributed by atoms with van der Waals surface area (Å²) in [4.78, 5) is 25.1. The molecule has 1 aliphatic rings. The maximum absolute atomic E-state index is 12.4. The van der Waals surface area contributed by atoms with Crippen molar-refractivity contribution in [3.05, 3.63) is 33.4 Å². The van der Waals surface area contributed by atoms with Crippen LogP contribution in [0.4, 0.5) is 0 Å². The molecular formula is C15H18INO3. The topological polar surface area (TPSA) is 57.6 Å². The van der Waals surface area contributed by atoms with Crippen molar-refractivity contribution < 1.29 is 14.7 Å². The minimum absolute atomic E-state index is 0.0302. The van der Waals surface area contributed by atoms with E-state index >= 15 is 0 Å². The van der Waals surface area contributed by atoms with E-state index in [4.69, 9.17) is 5.11 Å². The third-order valence-electron chi connectivity index (χ3n) is 3.44. The van der Waals surface area contributed by atoms with E-state index in [-0.39, 0.29) is 11.9 Å². The maximum atomic E-state index is 12.4. The van der Waals surface area contributed by atoms with Crippen LogP contribution in [0.25, 0.3) is 0 Å². The van der Waals surface area contributed by atoms with Crippen LogP contribution < -0.4 is 0 Å². The molecule has 0 heterocycles. The molecule has 20 heavy (non-hydrogen) atoms. The van der Waals surface area contributed by atoms with Gasteiger partial charge in [-0.15, -0.1) is 0 Å². The van der Waals surface area contributed by atoms with Gasteiger partial charge in [-0.3, -0.25) is 9.59 Å². The molecule has 1 aromatic carbocycles. The van der Waals surface area contributed by atoms with Crippen LogP contribution in [0, 0.1) is 9.49 Å². The van der Waals surface area contributed by atoms with Gasteiger partial charge in [-0.2, -0.15) is 0 Å². The zero-order valence-electron chi connectivity index (χ0n) is 11.4. The number of aliphatic carboxylic acids is 1. The van der Waals surface area contributed by atoms with Gasteiger partial charge >= 0.3 is 5.97 Å². The van der Waals surface area contributed by atoms with Crippen LogP contribution in [0.2, 0.25) is 0 Å². The van der Waals surface area contributed by atoms with E-state index in [1.807, 2.05) is 24.3 Å². The standard InChI is InChI=1S/C15H18INO3/c1-10(15(19)20)9-17(13-5-6-13)14(18)8-11-3-2-4-12(16)7-11/h2-4,7,10,13H,5-6,8-9H2,1H3,(H,19,20). The Labute approximate surface area is 132 Å². The molecule has 1 saturated carbocycles. The summed E-state index contributed by atoms with van der Waals surface area (Å²) in [7, 11) is 0. The van der Waals surface area contributed by atoms with Gasteiger partial charge in [0.1, 0.15) is 0 Å². The molecule has 1 amide bonds. The normalized spacial score (nSPS) is 15.7. The van der Waals surface area contributed by atoms with Gasteiger partial charge in [0.2, 0.25) is 5.91 Å². The highest BCUT2D eigenvalue weighted by molar-refractivity contribution is 14.1. The second-order valence-electron chi connectivity index (χ2n) is 5.32. The molecule has 1 N–H and O–H groups in total. The van der Waals surface area contributed by atoms with E-state index in [0.717, 1.165) is 22.0 Å². The molecule has 0 spiro atoms. The van der Waals surface area contributed by atoms with Crippen LogP contribution in [0.1, 0.15) is 25.3 Å². The lowest BCUT2D eigenvalue weighted by Gasteiger charge is -2.24. The minimum atomic E-state index is -0.849. The highest BCUT2D eigenvalue weighted by atomic mass is 127. The van der Waals surface area contributed by atoms with E-state index in [9.17, 15) is 9.59 Å². The Bertz CT molecular complexity index is 514. The average Bonchev–Trinajstić information content (AvgIpc) is 3.19. The second kappa shape index (κ2) is 6.56. The summed E-state index contributed by atoms with van der Waals surface area (Å²) in [5.74, 6) is -1.34. The quantitative estimate of drug-likeness (QED) is 0.764. The number of carboxylic acid groups (broad SMARTS) is 1. The molecule has 0 saturated heterocycles. The predicted octanol–water partition coefficient (Wildman–Crippen LogP) is 2.55. The van der Waals surface area contributed by atoms with Gasteiger partial charge in [0.25, 0.3) is 0 Å². The Morgan fingerprint density at radius 2 is 2.15 bits per heavy atom. The van der Waals surface area contributed by atoms with Gasteiger partial charge in [0.15, 0.2) is 0 Å². The number of nitrogens with zero attached hydrogens (tertiary/aromatic N) is 1. The third-order valence-corrected chi connectivity index (χ3v) is 4.12. The first kappa shape index (κ1) is 15.3. The molecule has 4 nitrogen and oxygen atoms in total. The van der Waals surface area contributed by atoms with Gasteiger partial charge in [-0.05, 0) is 53.1 Å². The van der Waals surface area contributed by atoms with Crippen LogP contribution in [-0.4, -0.2) is 34.5 Å². The van der Waals surface area contributed by atoms with Gasteiger partial charge in [-0.25, -0.2) is 0 Å². The lowest BCUT2D eigenvalue weighted by Crippen LogP contribution is -2.39. The Morgan fingerprint density at radius 3 is 2.70 bits per heavy atom. The number of amides is 1. The largest absolute Gasteiger partial charge is 0.481 e. The van der Waals surface area contributed by atoms with E-state index in [1.54, 1.807) is 11.8 Å². The highest BCUT2D eigenvalue weighted by Crippen LogP contribution is 2.28. The Balaban J connectivity index is 2.02. The number of hydrogen-bond donors (Lipinski definition) is 1. The Morgan fingerprint density at radius 1 is 1.45 bits per heavy atom. The lowest BCUT2D eigenvalue weighted by molar-refractivity contribution is -0.143. The summed E-state index contributed by atoms with van der Waals surface area (Å²) >= 11 is 2.22. The molecule has 1 aliphatic carbocycles. The molecular weight excluding hydrogens is 369 g/mol. The number of halogens is 1. The first-order valence-electron chi connectivity index (χ1n) is 6.74. The van der Waals surface area contributed by atoms with Crippen LogP contribution in [0.3, 0.4) is 0 Å². The van der Waals surface area contributed by atoms with Crippen LogP contribution in [-0.2, 0) is 16.0 Å². The van der Waals surface area contributed by atoms with E-state index in [0.29, 0.717) is 13.0 Å². The third kappa shape index (κ3) is 4.19. The molecule has 0 radical (unpaired) electrons. The van der Waals surface area contributed by atoms with Gasteiger partial charge in [0, 0.05) is 16.2 Å². The first-order chi connectivity index (χ1) is 9.47. The molecule has 1 atom stereocenters. The summed E-state index contributed by atoms with van der Waals surface area (Å²) in [6, 6.07) is 8.09. The fourth-order valence-electron chi connectivity index (χ4n) is 2.14. The monoisotopic (exact) mass is 387 g/mol. The number of carbonyl (C=O) groups is 2. The predicted molar refractivity (Wildman–Crippen MR) is 84.4 cm³/mol. The first-order valence-corrected chi connectivity index (χ1v) is 7.82. The van der Waals surface area contributed by atoms with Crippen molar-refractivity contribution in [3.63, 3.8) is 0 Å². The fraction of sp³-hybridized carbons (Fsp3) is 0.467. The maximum Gasteiger partial charge on any atom is 0.308 e. The van der Waals surface area contributed by atoms with Crippen molar-refractivity contribution in [1.29, 1.82) is 0 Å². The van der Waals surface area contributed by atoms with Gasteiger partial charge in [-0.1, -0.05) is 19.1 Å². The minimum Gasteiger partial charge on any atom is -0.481 e. The highest BCUT2D eigenvalue weighted by Gasteiger charge is 2.34. The number of carbonyl (C=O) groups excluding carboxylic acids is 1. The van der Waals surface area contributed by atoms with Crippen LogP contribution in [0.15, 0.2) is 24.3 Å². The molecule has 1 fully saturated rings. The van der Waals surface area contributed by atoms with Crippen molar-refractivity contribution in [1.82, 2.24) is 4.90 Å². The second-order valence-corrected chi connectivity index (χ2v) is 6.57. The van der Waals surface area contributed by atoms with Crippen molar-refractivity contribution in [2.24, 2.45) is 5.92 Å². The van der Waals surface area contributed by atoms with Crippen molar-refractivity contribution in [2.45, 2.75) is 32.2 Å². The van der Waals surface area contributed by atoms with E-state index < -0.39 is 11.9 Å². The number of benzene rings is 1. The summed E-state index contributed by atoms with van der Waals surface area (Å²) < 4.78 is 1.10. The zero-order chi connectivity index (χ0) is 14.7. The summed E-state index contributed by atoms with van der Waals surface area (Å²) in [6.45, 7) is 1.96. The molecule has 1 unspecified atom stereocenters. The molecule has 5 heteroatoms. The Hall–Kier alpha value is -1.11. The molecule has 2 rings (SSSR count). The summed E-state index contributed by atoms with van der Waals surface area (Å²) in [6.07, 6.45) is 2.33. The molecule has 108 valence electrons. The molecule has 0 aromatic heterocycles. The van der Waals surface area contributed by atoms with Crippen molar-refractivity contribution in [2.75, 3.05) is 6.54 Å². The van der Waals surface area contributed by atoms with E-state index in [2.05, 4.69) is 22.6 Å². The number of carboxylic acids is 1. The van der Waals surface area contributed by atoms with Crippen molar-refractivity contribution in [3.8, 4) is 0 Å². The summed E-state index contributed by atoms with van der Waals surface area (Å²) in [5, 5.41) is 9.00. The van der Waals surface area contributed by atoms with Gasteiger partial charge < -0.3 is 10.0 Å². The smallest absolute Gasteiger partial charge is 0.308 e. The number of rotatable bonds is 6. The molecule has 0 bridgehead atoms. The fourth-order valence-corrected chi connectivity index (χ4v) is 2.74. The van der Waals surface area contributed by atoms with Gasteiger partial charge in [0.05, 0.1) is 12.3 Å². The average molecular weight is 387 g/mol. The molecule has 0 aliphatic heterocycles. The summed E-state index contributed by atoms with van der Waals surface area (Å²) in [5.41, 5.74) is 0.982.